The summed E-state index contributed by atoms with van der Waals surface area (Å²) in [5.74, 6) is -0.128. The van der Waals surface area contributed by atoms with Crippen molar-refractivity contribution in [1.29, 1.82) is 0 Å². The monoisotopic (exact) mass is 233 g/mol. The molecule has 1 aliphatic heterocycles. The first-order valence-electron chi connectivity index (χ1n) is 6.19. The van der Waals surface area contributed by atoms with E-state index in [0.717, 1.165) is 24.2 Å². The molecule has 0 spiro atoms. The molecule has 3 heteroatoms. The second kappa shape index (κ2) is 5.32. The van der Waals surface area contributed by atoms with Crippen LogP contribution in [0.5, 0.6) is 0 Å². The van der Waals surface area contributed by atoms with Crippen LogP contribution < -0.4 is 5.32 Å². The molecular weight excluding hydrogens is 214 g/mol. The molecule has 2 N–H and O–H groups in total. The minimum Gasteiger partial charge on any atom is -0.481 e. The molecule has 3 nitrogen and oxygen atoms in total. The van der Waals surface area contributed by atoms with Gasteiger partial charge in [0.05, 0.1) is 6.42 Å². The van der Waals surface area contributed by atoms with Crippen molar-refractivity contribution in [2.24, 2.45) is 0 Å². The maximum absolute atomic E-state index is 10.7. The normalized spacial score (nSPS) is 17.0. The van der Waals surface area contributed by atoms with Gasteiger partial charge in [-0.1, -0.05) is 18.2 Å². The SMILES string of the molecule is Cc1cc(C2CCNCC2)ccc1CC(=O)O. The van der Waals surface area contributed by atoms with Crippen molar-refractivity contribution >= 4 is 5.97 Å². The van der Waals surface area contributed by atoms with Gasteiger partial charge >= 0.3 is 5.97 Å². The van der Waals surface area contributed by atoms with Crippen LogP contribution >= 0.6 is 0 Å². The number of carboxylic acid groups (broad SMARTS) is 1. The lowest BCUT2D eigenvalue weighted by molar-refractivity contribution is -0.136. The van der Waals surface area contributed by atoms with Gasteiger partial charge in [-0.15, -0.1) is 0 Å². The standard InChI is InChI=1S/C14H19NO2/c1-10-8-13(11-4-6-15-7-5-11)3-2-12(10)9-14(16)17/h2-3,8,11,15H,4-7,9H2,1H3,(H,16,17). The Kier molecular flexibility index (Phi) is 3.79. The molecule has 1 aromatic carbocycles. The predicted molar refractivity (Wildman–Crippen MR) is 67.4 cm³/mol. The summed E-state index contributed by atoms with van der Waals surface area (Å²) in [5.41, 5.74) is 3.39. The molecule has 0 unspecified atom stereocenters. The lowest BCUT2D eigenvalue weighted by Gasteiger charge is -2.23. The molecule has 0 bridgehead atoms. The quantitative estimate of drug-likeness (QED) is 0.840. The van der Waals surface area contributed by atoms with Crippen molar-refractivity contribution in [2.45, 2.75) is 32.1 Å². The number of aliphatic carboxylic acids is 1. The summed E-state index contributed by atoms with van der Waals surface area (Å²) in [4.78, 5) is 10.7. The van der Waals surface area contributed by atoms with Crippen LogP contribution in [0, 0.1) is 6.92 Å². The summed E-state index contributed by atoms with van der Waals surface area (Å²) in [7, 11) is 0. The van der Waals surface area contributed by atoms with Crippen molar-refractivity contribution in [3.8, 4) is 0 Å². The Bertz CT molecular complexity index is 409. The van der Waals surface area contributed by atoms with Crippen LogP contribution in [0.4, 0.5) is 0 Å². The summed E-state index contributed by atoms with van der Waals surface area (Å²) in [6.07, 6.45) is 2.48. The first kappa shape index (κ1) is 12.1. The van der Waals surface area contributed by atoms with Crippen LogP contribution in [0.25, 0.3) is 0 Å². The number of hydrogen-bond acceptors (Lipinski definition) is 2. The van der Waals surface area contributed by atoms with Gasteiger partial charge in [0.15, 0.2) is 0 Å². The highest BCUT2D eigenvalue weighted by molar-refractivity contribution is 5.70. The fourth-order valence-corrected chi connectivity index (χ4v) is 2.49. The van der Waals surface area contributed by atoms with E-state index in [4.69, 9.17) is 5.11 Å². The van der Waals surface area contributed by atoms with Crippen LogP contribution in [0.15, 0.2) is 18.2 Å². The van der Waals surface area contributed by atoms with Crippen molar-refractivity contribution in [2.75, 3.05) is 13.1 Å². The van der Waals surface area contributed by atoms with Crippen molar-refractivity contribution in [1.82, 2.24) is 5.32 Å². The number of nitrogens with one attached hydrogen (secondary N) is 1. The Hall–Kier alpha value is -1.35. The zero-order chi connectivity index (χ0) is 12.3. The summed E-state index contributed by atoms with van der Waals surface area (Å²) in [6.45, 7) is 4.17. The van der Waals surface area contributed by atoms with E-state index in [0.29, 0.717) is 5.92 Å². The Balaban J connectivity index is 2.14. The van der Waals surface area contributed by atoms with E-state index in [1.807, 2.05) is 13.0 Å². The first-order chi connectivity index (χ1) is 8.16. The molecular formula is C14H19NO2. The van der Waals surface area contributed by atoms with Crippen LogP contribution in [0.1, 0.15) is 35.4 Å². The highest BCUT2D eigenvalue weighted by Gasteiger charge is 2.16. The third-order valence-electron chi connectivity index (χ3n) is 3.52. The lowest BCUT2D eigenvalue weighted by Crippen LogP contribution is -2.26. The van der Waals surface area contributed by atoms with Gasteiger partial charge in [0.25, 0.3) is 0 Å². The lowest BCUT2D eigenvalue weighted by atomic mass is 9.88. The molecule has 1 aromatic rings. The van der Waals surface area contributed by atoms with Crippen molar-refractivity contribution in [3.05, 3.63) is 34.9 Å². The smallest absolute Gasteiger partial charge is 0.307 e. The largest absolute Gasteiger partial charge is 0.481 e. The average molecular weight is 233 g/mol. The van der Waals surface area contributed by atoms with Gasteiger partial charge in [-0.3, -0.25) is 4.79 Å². The van der Waals surface area contributed by atoms with E-state index in [9.17, 15) is 4.79 Å². The molecule has 0 radical (unpaired) electrons. The Morgan fingerprint density at radius 1 is 1.41 bits per heavy atom. The van der Waals surface area contributed by atoms with Crippen molar-refractivity contribution < 1.29 is 9.90 Å². The van der Waals surface area contributed by atoms with Gasteiger partial charge in [-0.2, -0.15) is 0 Å². The minimum absolute atomic E-state index is 0.123. The molecule has 0 atom stereocenters. The molecule has 92 valence electrons. The van der Waals surface area contributed by atoms with Gasteiger partial charge in [0, 0.05) is 0 Å². The summed E-state index contributed by atoms with van der Waals surface area (Å²) in [5, 5.41) is 12.2. The number of carboxylic acids is 1. The average Bonchev–Trinajstić information content (AvgIpc) is 2.32. The van der Waals surface area contributed by atoms with Crippen LogP contribution in [0.3, 0.4) is 0 Å². The van der Waals surface area contributed by atoms with E-state index in [1.165, 1.54) is 18.4 Å². The molecule has 0 aliphatic carbocycles. The molecule has 1 aliphatic rings. The summed E-state index contributed by atoms with van der Waals surface area (Å²) < 4.78 is 0. The maximum atomic E-state index is 10.7. The second-order valence-electron chi connectivity index (χ2n) is 4.78. The molecule has 1 heterocycles. The molecule has 0 aromatic heterocycles. The highest BCUT2D eigenvalue weighted by atomic mass is 16.4. The number of benzene rings is 1. The Morgan fingerprint density at radius 3 is 2.71 bits per heavy atom. The Labute approximate surface area is 102 Å². The molecule has 0 saturated carbocycles. The second-order valence-corrected chi connectivity index (χ2v) is 4.78. The Morgan fingerprint density at radius 2 is 2.12 bits per heavy atom. The number of aryl methyl sites for hydroxylation is 1. The molecule has 2 rings (SSSR count). The topological polar surface area (TPSA) is 49.3 Å². The predicted octanol–water partition coefficient (Wildman–Crippen LogP) is 2.09. The first-order valence-corrected chi connectivity index (χ1v) is 6.19. The number of hydrogen-bond donors (Lipinski definition) is 2. The van der Waals surface area contributed by atoms with E-state index in [1.54, 1.807) is 0 Å². The fraction of sp³-hybridized carbons (Fsp3) is 0.500. The van der Waals surface area contributed by atoms with E-state index in [2.05, 4.69) is 17.4 Å². The van der Waals surface area contributed by atoms with E-state index in [-0.39, 0.29) is 6.42 Å². The maximum Gasteiger partial charge on any atom is 0.307 e. The minimum atomic E-state index is -0.761. The molecule has 1 fully saturated rings. The van der Waals surface area contributed by atoms with Crippen molar-refractivity contribution in [3.63, 3.8) is 0 Å². The number of piperidine rings is 1. The highest BCUT2D eigenvalue weighted by Crippen LogP contribution is 2.26. The third kappa shape index (κ3) is 3.07. The molecule has 1 saturated heterocycles. The van der Waals surface area contributed by atoms with Gasteiger partial charge < -0.3 is 10.4 Å². The number of rotatable bonds is 3. The summed E-state index contributed by atoms with van der Waals surface area (Å²) >= 11 is 0. The van der Waals surface area contributed by atoms with E-state index < -0.39 is 5.97 Å². The number of carbonyl (C=O) groups is 1. The zero-order valence-electron chi connectivity index (χ0n) is 10.2. The van der Waals surface area contributed by atoms with Crippen LogP contribution in [-0.2, 0) is 11.2 Å². The van der Waals surface area contributed by atoms with E-state index >= 15 is 0 Å². The summed E-state index contributed by atoms with van der Waals surface area (Å²) in [6, 6.07) is 6.23. The zero-order valence-corrected chi connectivity index (χ0v) is 10.2. The van der Waals surface area contributed by atoms with Crippen LogP contribution in [0.2, 0.25) is 0 Å². The van der Waals surface area contributed by atoms with Gasteiger partial charge in [0.1, 0.15) is 0 Å². The molecule has 17 heavy (non-hydrogen) atoms. The van der Waals surface area contributed by atoms with Gasteiger partial charge in [-0.05, 0) is 55.5 Å². The third-order valence-corrected chi connectivity index (χ3v) is 3.52. The molecule has 0 amide bonds. The fourth-order valence-electron chi connectivity index (χ4n) is 2.49. The van der Waals surface area contributed by atoms with Crippen LogP contribution in [-0.4, -0.2) is 24.2 Å². The van der Waals surface area contributed by atoms with Gasteiger partial charge in [-0.25, -0.2) is 0 Å². The van der Waals surface area contributed by atoms with Gasteiger partial charge in [0.2, 0.25) is 0 Å².